The highest BCUT2D eigenvalue weighted by atomic mass is 16.7. The summed E-state index contributed by atoms with van der Waals surface area (Å²) >= 11 is 0. The first-order chi connectivity index (χ1) is 13.7. The van der Waals surface area contributed by atoms with Gasteiger partial charge in [-0.2, -0.15) is 0 Å². The molecule has 1 saturated carbocycles. The molecule has 1 aliphatic heterocycles. The van der Waals surface area contributed by atoms with Crippen LogP contribution in [-0.2, 0) is 6.42 Å². The van der Waals surface area contributed by atoms with Gasteiger partial charge in [0.1, 0.15) is 0 Å². The number of rotatable bonds is 4. The Morgan fingerprint density at radius 1 is 0.857 bits per heavy atom. The predicted octanol–water partition coefficient (Wildman–Crippen LogP) is 4.55. The smallest absolute Gasteiger partial charge is 0.231 e. The molecule has 5 nitrogen and oxygen atoms in total. The van der Waals surface area contributed by atoms with Gasteiger partial charge in [-0.3, -0.25) is 0 Å². The zero-order chi connectivity index (χ0) is 19.3. The van der Waals surface area contributed by atoms with Crippen LogP contribution in [0.1, 0.15) is 41.9 Å². The van der Waals surface area contributed by atoms with Crippen LogP contribution in [0.25, 0.3) is 0 Å². The minimum absolute atomic E-state index is 0.291. The van der Waals surface area contributed by atoms with Gasteiger partial charge in [-0.1, -0.05) is 6.42 Å². The van der Waals surface area contributed by atoms with Gasteiger partial charge < -0.3 is 23.7 Å². The molecule has 2 aromatic carbocycles. The van der Waals surface area contributed by atoms with E-state index in [2.05, 4.69) is 24.3 Å². The molecule has 0 N–H and O–H groups in total. The average Bonchev–Trinajstić information content (AvgIpc) is 3.37. The van der Waals surface area contributed by atoms with Gasteiger partial charge in [0.05, 0.1) is 21.3 Å². The number of hydrogen-bond donors (Lipinski definition) is 0. The second-order valence-corrected chi connectivity index (χ2v) is 7.90. The third-order valence-electron chi connectivity index (χ3n) is 6.64. The van der Waals surface area contributed by atoms with Crippen LogP contribution in [-0.4, -0.2) is 28.1 Å². The highest BCUT2D eigenvalue weighted by Crippen LogP contribution is 2.54. The molecular weight excluding hydrogens is 356 g/mol. The minimum atomic E-state index is 0.291. The molecule has 5 rings (SSSR count). The van der Waals surface area contributed by atoms with E-state index < -0.39 is 0 Å². The lowest BCUT2D eigenvalue weighted by Gasteiger charge is -2.37. The third kappa shape index (κ3) is 2.60. The molecule has 2 aliphatic carbocycles. The van der Waals surface area contributed by atoms with Crippen molar-refractivity contribution in [2.45, 2.75) is 31.6 Å². The molecule has 1 fully saturated rings. The fourth-order valence-corrected chi connectivity index (χ4v) is 5.44. The standard InChI is InChI=1S/C23H26O5/c1-24-20-9-15(10-21(25-2)23(20)26-3)22-16-6-4-5-13(16)7-14-8-18-19(11-17(14)22)28-12-27-18/h8-11,13,16,22H,4-7,12H2,1-3H3/t13-,16+,22+/m1/s1. The summed E-state index contributed by atoms with van der Waals surface area (Å²) < 4.78 is 28.1. The number of methoxy groups -OCH3 is 3. The van der Waals surface area contributed by atoms with Crippen molar-refractivity contribution in [1.29, 1.82) is 0 Å². The van der Waals surface area contributed by atoms with Gasteiger partial charge in [-0.15, -0.1) is 0 Å². The molecule has 1 heterocycles. The maximum absolute atomic E-state index is 5.69. The largest absolute Gasteiger partial charge is 0.493 e. The van der Waals surface area contributed by atoms with E-state index in [-0.39, 0.29) is 0 Å². The molecule has 148 valence electrons. The van der Waals surface area contributed by atoms with Crippen LogP contribution in [0.15, 0.2) is 24.3 Å². The van der Waals surface area contributed by atoms with E-state index in [4.69, 9.17) is 23.7 Å². The van der Waals surface area contributed by atoms with Gasteiger partial charge in [0.2, 0.25) is 12.5 Å². The highest BCUT2D eigenvalue weighted by Gasteiger charge is 2.41. The molecule has 3 atom stereocenters. The summed E-state index contributed by atoms with van der Waals surface area (Å²) in [4.78, 5) is 0. The van der Waals surface area contributed by atoms with E-state index in [0.717, 1.165) is 17.9 Å². The molecule has 0 aromatic heterocycles. The lowest BCUT2D eigenvalue weighted by Crippen LogP contribution is -2.26. The van der Waals surface area contributed by atoms with Crippen LogP contribution in [0, 0.1) is 11.8 Å². The zero-order valence-electron chi connectivity index (χ0n) is 16.6. The summed E-state index contributed by atoms with van der Waals surface area (Å²) in [7, 11) is 4.99. The Kier molecular flexibility index (Phi) is 4.26. The van der Waals surface area contributed by atoms with Gasteiger partial charge in [-0.25, -0.2) is 0 Å². The Morgan fingerprint density at radius 2 is 1.57 bits per heavy atom. The van der Waals surface area contributed by atoms with E-state index in [1.807, 2.05) is 0 Å². The minimum Gasteiger partial charge on any atom is -0.493 e. The number of hydrogen-bond acceptors (Lipinski definition) is 5. The fourth-order valence-electron chi connectivity index (χ4n) is 5.44. The topological polar surface area (TPSA) is 46.2 Å². The monoisotopic (exact) mass is 382 g/mol. The summed E-state index contributed by atoms with van der Waals surface area (Å²) in [6, 6.07) is 8.61. The summed E-state index contributed by atoms with van der Waals surface area (Å²) in [5.41, 5.74) is 3.94. The lowest BCUT2D eigenvalue weighted by atomic mass is 9.67. The van der Waals surface area contributed by atoms with Crippen molar-refractivity contribution >= 4 is 0 Å². The number of benzene rings is 2. The maximum Gasteiger partial charge on any atom is 0.231 e. The molecule has 2 aromatic rings. The lowest BCUT2D eigenvalue weighted by molar-refractivity contribution is 0.174. The van der Waals surface area contributed by atoms with E-state index >= 15 is 0 Å². The van der Waals surface area contributed by atoms with Gasteiger partial charge in [0, 0.05) is 5.92 Å². The molecular formula is C23H26O5. The molecule has 5 heteroatoms. The first kappa shape index (κ1) is 17.5. The third-order valence-corrected chi connectivity index (χ3v) is 6.64. The van der Waals surface area contributed by atoms with Crippen LogP contribution in [0.4, 0.5) is 0 Å². The van der Waals surface area contributed by atoms with E-state index in [1.54, 1.807) is 21.3 Å². The molecule has 0 saturated heterocycles. The van der Waals surface area contributed by atoms with Crippen molar-refractivity contribution < 1.29 is 23.7 Å². The van der Waals surface area contributed by atoms with Crippen molar-refractivity contribution in [2.24, 2.45) is 11.8 Å². The normalized spacial score (nSPS) is 24.5. The van der Waals surface area contributed by atoms with Crippen molar-refractivity contribution in [2.75, 3.05) is 28.1 Å². The molecule has 0 unspecified atom stereocenters. The Labute approximate surface area is 165 Å². The Morgan fingerprint density at radius 3 is 2.25 bits per heavy atom. The number of ether oxygens (including phenoxy) is 5. The molecule has 0 amide bonds. The number of fused-ring (bicyclic) bond motifs is 3. The van der Waals surface area contributed by atoms with Crippen LogP contribution in [0.2, 0.25) is 0 Å². The Hall–Kier alpha value is -2.56. The molecule has 28 heavy (non-hydrogen) atoms. The molecule has 3 aliphatic rings. The van der Waals surface area contributed by atoms with Gasteiger partial charge in [0.25, 0.3) is 0 Å². The first-order valence-corrected chi connectivity index (χ1v) is 9.95. The molecule has 0 bridgehead atoms. The molecule has 0 radical (unpaired) electrons. The van der Waals surface area contributed by atoms with E-state index in [0.29, 0.717) is 41.8 Å². The maximum atomic E-state index is 5.69. The summed E-state index contributed by atoms with van der Waals surface area (Å²) in [6.45, 7) is 0.305. The van der Waals surface area contributed by atoms with Crippen LogP contribution < -0.4 is 23.7 Å². The summed E-state index contributed by atoms with van der Waals surface area (Å²) in [5, 5.41) is 0. The van der Waals surface area contributed by atoms with Crippen molar-refractivity contribution in [3.05, 3.63) is 41.0 Å². The van der Waals surface area contributed by atoms with Crippen LogP contribution in [0.5, 0.6) is 28.7 Å². The SMILES string of the molecule is COc1cc([C@@H]2c3cc4c(cc3C[C@H]3CCC[C@@H]32)OCO4)cc(OC)c1OC. The average molecular weight is 382 g/mol. The van der Waals surface area contributed by atoms with Gasteiger partial charge >= 0.3 is 0 Å². The highest BCUT2D eigenvalue weighted by molar-refractivity contribution is 5.58. The second kappa shape index (κ2) is 6.80. The first-order valence-electron chi connectivity index (χ1n) is 9.95. The Balaban J connectivity index is 1.68. The van der Waals surface area contributed by atoms with Crippen molar-refractivity contribution in [3.63, 3.8) is 0 Å². The van der Waals surface area contributed by atoms with Gasteiger partial charge in [0.15, 0.2) is 23.0 Å². The van der Waals surface area contributed by atoms with Crippen molar-refractivity contribution in [3.8, 4) is 28.7 Å². The van der Waals surface area contributed by atoms with E-state index in [9.17, 15) is 0 Å². The van der Waals surface area contributed by atoms with Crippen LogP contribution >= 0.6 is 0 Å². The van der Waals surface area contributed by atoms with Crippen LogP contribution in [0.3, 0.4) is 0 Å². The van der Waals surface area contributed by atoms with Crippen molar-refractivity contribution in [1.82, 2.24) is 0 Å². The van der Waals surface area contributed by atoms with Gasteiger partial charge in [-0.05, 0) is 72.1 Å². The summed E-state index contributed by atoms with van der Waals surface area (Å²) in [5.74, 6) is 5.40. The Bertz CT molecular complexity index is 881. The zero-order valence-corrected chi connectivity index (χ0v) is 16.6. The summed E-state index contributed by atoms with van der Waals surface area (Å²) in [6.07, 6.45) is 4.95. The molecule has 0 spiro atoms. The fraction of sp³-hybridized carbons (Fsp3) is 0.478. The quantitative estimate of drug-likeness (QED) is 0.777. The second-order valence-electron chi connectivity index (χ2n) is 7.90. The van der Waals surface area contributed by atoms with E-state index in [1.165, 1.54) is 36.0 Å². The predicted molar refractivity (Wildman–Crippen MR) is 105 cm³/mol.